The minimum absolute atomic E-state index is 0.0503. The summed E-state index contributed by atoms with van der Waals surface area (Å²) in [5, 5.41) is 0. The fourth-order valence-corrected chi connectivity index (χ4v) is 4.24. The molecule has 1 fully saturated rings. The van der Waals surface area contributed by atoms with Gasteiger partial charge in [0.2, 0.25) is 0 Å². The van der Waals surface area contributed by atoms with E-state index in [-0.39, 0.29) is 28.9 Å². The van der Waals surface area contributed by atoms with Crippen molar-refractivity contribution in [1.82, 2.24) is 0 Å². The molecule has 0 aliphatic heterocycles. The van der Waals surface area contributed by atoms with E-state index in [0.717, 1.165) is 31.8 Å². The number of ether oxygens (including phenoxy) is 3. The summed E-state index contributed by atoms with van der Waals surface area (Å²) in [5.41, 5.74) is 1.25. The minimum atomic E-state index is -0.827. The van der Waals surface area contributed by atoms with Crippen LogP contribution in [-0.2, 0) is 9.47 Å². The highest BCUT2D eigenvalue weighted by molar-refractivity contribution is 5.65. The molecule has 0 spiro atoms. The molecule has 0 radical (unpaired) electrons. The lowest BCUT2D eigenvalue weighted by Crippen LogP contribution is -2.18. The molecular formula is C28H31F3O3. The Morgan fingerprint density at radius 2 is 1.65 bits per heavy atom. The lowest BCUT2D eigenvalue weighted by atomic mass is 9.78. The molecule has 2 aromatic rings. The molecule has 0 atom stereocenters. The predicted octanol–water partition coefficient (Wildman–Crippen LogP) is 7.85. The first-order valence-corrected chi connectivity index (χ1v) is 11.5. The van der Waals surface area contributed by atoms with Crippen LogP contribution in [0.4, 0.5) is 13.2 Å². The van der Waals surface area contributed by atoms with E-state index >= 15 is 0 Å². The Morgan fingerprint density at radius 3 is 2.26 bits per heavy atom. The van der Waals surface area contributed by atoms with Gasteiger partial charge >= 0.3 is 0 Å². The smallest absolute Gasteiger partial charge is 0.168 e. The summed E-state index contributed by atoms with van der Waals surface area (Å²) < 4.78 is 59.5. The standard InChI is InChI=1S/C28H31F3O3/c1-5-33-19(3)26(29)16-18(2)34-17-20-6-8-21(9-7-20)24-14-15-25(28(31)27(24)30)22-10-12-23(32-4)13-11-22/h10-16,20-21H,2-3,5-9,17H2,1,4H3/b26-16+. The Labute approximate surface area is 199 Å². The number of halogens is 3. The van der Waals surface area contributed by atoms with Crippen LogP contribution in [0.2, 0.25) is 0 Å². The van der Waals surface area contributed by atoms with Crippen LogP contribution in [0.15, 0.2) is 73.0 Å². The zero-order valence-electron chi connectivity index (χ0n) is 19.7. The molecule has 1 saturated carbocycles. The van der Waals surface area contributed by atoms with Gasteiger partial charge in [-0.1, -0.05) is 37.4 Å². The van der Waals surface area contributed by atoms with Crippen LogP contribution in [0.5, 0.6) is 5.75 Å². The van der Waals surface area contributed by atoms with Crippen molar-refractivity contribution in [3.8, 4) is 16.9 Å². The first kappa shape index (κ1) is 25.5. The molecule has 1 aliphatic rings. The molecule has 0 unspecified atom stereocenters. The SMILES string of the molecule is C=C(/C=C(/F)C(=C)OCC)OCC1CCC(c2ccc(-c3ccc(OC)cc3)c(F)c2F)CC1. The molecule has 3 rings (SSSR count). The van der Waals surface area contributed by atoms with Crippen molar-refractivity contribution in [3.05, 3.63) is 90.2 Å². The Morgan fingerprint density at radius 1 is 0.971 bits per heavy atom. The van der Waals surface area contributed by atoms with Gasteiger partial charge in [0, 0.05) is 11.6 Å². The Hall–Kier alpha value is -3.15. The minimum Gasteiger partial charge on any atom is -0.497 e. The van der Waals surface area contributed by atoms with E-state index in [4.69, 9.17) is 14.2 Å². The third-order valence-electron chi connectivity index (χ3n) is 6.18. The third kappa shape index (κ3) is 6.25. The summed E-state index contributed by atoms with van der Waals surface area (Å²) >= 11 is 0. The zero-order valence-corrected chi connectivity index (χ0v) is 19.7. The molecule has 0 heterocycles. The van der Waals surface area contributed by atoms with Crippen molar-refractivity contribution in [2.45, 2.75) is 38.5 Å². The molecule has 0 amide bonds. The first-order chi connectivity index (χ1) is 16.3. The van der Waals surface area contributed by atoms with Gasteiger partial charge in [0.25, 0.3) is 0 Å². The van der Waals surface area contributed by atoms with E-state index in [2.05, 4.69) is 13.2 Å². The van der Waals surface area contributed by atoms with Gasteiger partial charge in [0.15, 0.2) is 17.5 Å². The Kier molecular flexibility index (Phi) is 8.85. The van der Waals surface area contributed by atoms with Crippen LogP contribution in [-0.4, -0.2) is 20.3 Å². The van der Waals surface area contributed by atoms with E-state index in [0.29, 0.717) is 30.1 Å². The van der Waals surface area contributed by atoms with Gasteiger partial charge in [-0.2, -0.15) is 0 Å². The number of allylic oxidation sites excluding steroid dienone is 2. The summed E-state index contributed by atoms with van der Waals surface area (Å²) in [5.74, 6) is -1.24. The lowest BCUT2D eigenvalue weighted by Gasteiger charge is -2.29. The first-order valence-electron chi connectivity index (χ1n) is 11.5. The molecule has 0 aromatic heterocycles. The molecule has 34 heavy (non-hydrogen) atoms. The van der Waals surface area contributed by atoms with Gasteiger partial charge in [-0.3, -0.25) is 0 Å². The zero-order chi connectivity index (χ0) is 24.7. The maximum Gasteiger partial charge on any atom is 0.168 e. The van der Waals surface area contributed by atoms with E-state index in [1.165, 1.54) is 0 Å². The monoisotopic (exact) mass is 472 g/mol. The van der Waals surface area contributed by atoms with Gasteiger partial charge in [0.05, 0.1) is 20.3 Å². The summed E-state index contributed by atoms with van der Waals surface area (Å²) in [6.07, 6.45) is 4.22. The van der Waals surface area contributed by atoms with Crippen molar-refractivity contribution in [3.63, 3.8) is 0 Å². The predicted molar refractivity (Wildman–Crippen MR) is 128 cm³/mol. The van der Waals surface area contributed by atoms with E-state index < -0.39 is 17.5 Å². The summed E-state index contributed by atoms with van der Waals surface area (Å²) in [4.78, 5) is 0. The second kappa shape index (κ2) is 11.8. The molecule has 1 aliphatic carbocycles. The van der Waals surface area contributed by atoms with Crippen LogP contribution in [0.25, 0.3) is 11.1 Å². The maximum absolute atomic E-state index is 15.0. The summed E-state index contributed by atoms with van der Waals surface area (Å²) in [7, 11) is 1.56. The van der Waals surface area contributed by atoms with E-state index in [1.807, 2.05) is 0 Å². The van der Waals surface area contributed by atoms with Crippen LogP contribution in [0.3, 0.4) is 0 Å². The van der Waals surface area contributed by atoms with Crippen LogP contribution < -0.4 is 4.74 Å². The quantitative estimate of drug-likeness (QED) is 0.260. The van der Waals surface area contributed by atoms with Gasteiger partial charge in [-0.05, 0) is 67.7 Å². The fourth-order valence-electron chi connectivity index (χ4n) is 4.24. The highest BCUT2D eigenvalue weighted by Gasteiger charge is 2.27. The molecule has 0 N–H and O–H groups in total. The number of benzene rings is 2. The van der Waals surface area contributed by atoms with Crippen LogP contribution in [0, 0.1) is 17.6 Å². The topological polar surface area (TPSA) is 27.7 Å². The molecule has 0 bridgehead atoms. The number of hydrogen-bond acceptors (Lipinski definition) is 3. The van der Waals surface area contributed by atoms with Crippen molar-refractivity contribution >= 4 is 0 Å². The molecular weight excluding hydrogens is 441 g/mol. The molecule has 2 aromatic carbocycles. The van der Waals surface area contributed by atoms with Crippen LogP contribution >= 0.6 is 0 Å². The number of methoxy groups -OCH3 is 1. The van der Waals surface area contributed by atoms with E-state index in [1.54, 1.807) is 50.4 Å². The second-order valence-electron chi connectivity index (χ2n) is 8.40. The highest BCUT2D eigenvalue weighted by atomic mass is 19.2. The Bertz CT molecular complexity index is 1040. The highest BCUT2D eigenvalue weighted by Crippen LogP contribution is 2.39. The van der Waals surface area contributed by atoms with Crippen LogP contribution in [0.1, 0.15) is 44.1 Å². The lowest BCUT2D eigenvalue weighted by molar-refractivity contribution is 0.144. The van der Waals surface area contributed by atoms with Gasteiger partial charge in [-0.25, -0.2) is 13.2 Å². The Balaban J connectivity index is 1.56. The molecule has 0 saturated heterocycles. The average molecular weight is 473 g/mol. The average Bonchev–Trinajstić information content (AvgIpc) is 2.85. The fraction of sp³-hybridized carbons (Fsp3) is 0.357. The molecule has 3 nitrogen and oxygen atoms in total. The second-order valence-corrected chi connectivity index (χ2v) is 8.40. The maximum atomic E-state index is 15.0. The van der Waals surface area contributed by atoms with Gasteiger partial charge < -0.3 is 14.2 Å². The van der Waals surface area contributed by atoms with Crippen molar-refractivity contribution < 1.29 is 27.4 Å². The van der Waals surface area contributed by atoms with Gasteiger partial charge in [-0.15, -0.1) is 0 Å². The van der Waals surface area contributed by atoms with Crippen molar-refractivity contribution in [2.24, 2.45) is 5.92 Å². The van der Waals surface area contributed by atoms with E-state index in [9.17, 15) is 13.2 Å². The van der Waals surface area contributed by atoms with Crippen molar-refractivity contribution in [2.75, 3.05) is 20.3 Å². The molecule has 182 valence electrons. The summed E-state index contributed by atoms with van der Waals surface area (Å²) in [6.45, 7) is 9.68. The van der Waals surface area contributed by atoms with Crippen molar-refractivity contribution in [1.29, 1.82) is 0 Å². The number of hydrogen-bond donors (Lipinski definition) is 0. The third-order valence-corrected chi connectivity index (χ3v) is 6.18. The number of rotatable bonds is 10. The normalized spacial score (nSPS) is 18.3. The summed E-state index contributed by atoms with van der Waals surface area (Å²) in [6, 6.07) is 10.2. The molecule has 6 heteroatoms. The largest absolute Gasteiger partial charge is 0.497 e. The van der Waals surface area contributed by atoms with Gasteiger partial charge in [0.1, 0.15) is 17.3 Å².